The van der Waals surface area contributed by atoms with Crippen LogP contribution < -0.4 is 10.6 Å². The van der Waals surface area contributed by atoms with E-state index in [0.717, 1.165) is 32.4 Å². The lowest BCUT2D eigenvalue weighted by Gasteiger charge is -2.22. The highest BCUT2D eigenvalue weighted by atomic mass is 32.2. The minimum absolute atomic E-state index is 0.00604. The van der Waals surface area contributed by atoms with E-state index >= 15 is 0 Å². The molecule has 0 radical (unpaired) electrons. The molecule has 1 amide bonds. The lowest BCUT2D eigenvalue weighted by atomic mass is 9.93. The van der Waals surface area contributed by atoms with Gasteiger partial charge in [-0.05, 0) is 45.2 Å². The summed E-state index contributed by atoms with van der Waals surface area (Å²) in [6.07, 6.45) is 4.85. The maximum absolute atomic E-state index is 11.7. The number of piperidine rings is 1. The molecule has 5 nitrogen and oxygen atoms in total. The molecule has 2 N–H and O–H groups in total. The van der Waals surface area contributed by atoms with Crippen molar-refractivity contribution in [3.05, 3.63) is 0 Å². The second kappa shape index (κ2) is 7.09. The average molecular weight is 276 g/mol. The van der Waals surface area contributed by atoms with Gasteiger partial charge < -0.3 is 10.6 Å². The molecule has 1 aliphatic heterocycles. The van der Waals surface area contributed by atoms with Crippen molar-refractivity contribution in [3.8, 4) is 0 Å². The largest absolute Gasteiger partial charge is 0.353 e. The van der Waals surface area contributed by atoms with Crippen LogP contribution in [0.1, 0.15) is 32.6 Å². The second-order valence-electron chi connectivity index (χ2n) is 5.29. The van der Waals surface area contributed by atoms with Crippen LogP contribution in [0.4, 0.5) is 0 Å². The van der Waals surface area contributed by atoms with Crippen LogP contribution >= 0.6 is 0 Å². The highest BCUT2D eigenvalue weighted by molar-refractivity contribution is 7.90. The SMILES string of the molecule is CC(CS(C)(=O)=O)NC(=O)CCC1CCNCC1. The summed E-state index contributed by atoms with van der Waals surface area (Å²) in [5, 5.41) is 6.04. The van der Waals surface area contributed by atoms with Gasteiger partial charge in [-0.15, -0.1) is 0 Å². The van der Waals surface area contributed by atoms with Gasteiger partial charge in [0.25, 0.3) is 0 Å². The molecule has 0 aromatic rings. The van der Waals surface area contributed by atoms with E-state index in [-0.39, 0.29) is 17.7 Å². The minimum Gasteiger partial charge on any atom is -0.353 e. The normalized spacial score (nSPS) is 19.4. The number of hydrogen-bond donors (Lipinski definition) is 2. The highest BCUT2D eigenvalue weighted by Crippen LogP contribution is 2.17. The van der Waals surface area contributed by atoms with Crippen molar-refractivity contribution in [2.24, 2.45) is 5.92 Å². The molecule has 106 valence electrons. The Morgan fingerprint density at radius 3 is 2.56 bits per heavy atom. The molecule has 0 saturated carbocycles. The third-order valence-electron chi connectivity index (χ3n) is 3.20. The summed E-state index contributed by atoms with van der Waals surface area (Å²) in [5.41, 5.74) is 0. The van der Waals surface area contributed by atoms with E-state index in [9.17, 15) is 13.2 Å². The van der Waals surface area contributed by atoms with Gasteiger partial charge in [-0.3, -0.25) is 4.79 Å². The van der Waals surface area contributed by atoms with E-state index in [1.807, 2.05) is 0 Å². The van der Waals surface area contributed by atoms with Gasteiger partial charge in [0.05, 0.1) is 5.75 Å². The van der Waals surface area contributed by atoms with Crippen LogP contribution in [-0.2, 0) is 14.6 Å². The van der Waals surface area contributed by atoms with Crippen molar-refractivity contribution in [1.82, 2.24) is 10.6 Å². The van der Waals surface area contributed by atoms with Crippen molar-refractivity contribution in [3.63, 3.8) is 0 Å². The summed E-state index contributed by atoms with van der Waals surface area (Å²) in [5.74, 6) is 0.596. The van der Waals surface area contributed by atoms with Crippen LogP contribution in [0.5, 0.6) is 0 Å². The number of amides is 1. The van der Waals surface area contributed by atoms with Crippen molar-refractivity contribution in [2.75, 3.05) is 25.1 Å². The van der Waals surface area contributed by atoms with Gasteiger partial charge in [0.15, 0.2) is 0 Å². The van der Waals surface area contributed by atoms with E-state index in [1.165, 1.54) is 6.26 Å². The number of carbonyl (C=O) groups is 1. The maximum atomic E-state index is 11.7. The zero-order chi connectivity index (χ0) is 13.6. The summed E-state index contributed by atoms with van der Waals surface area (Å²) in [4.78, 5) is 11.7. The topological polar surface area (TPSA) is 75.3 Å². The molecular formula is C12H24N2O3S. The molecule has 0 aromatic heterocycles. The summed E-state index contributed by atoms with van der Waals surface area (Å²) in [6, 6.07) is -0.305. The molecule has 0 spiro atoms. The first-order valence-electron chi connectivity index (χ1n) is 6.54. The number of rotatable bonds is 6. The third-order valence-corrected chi connectivity index (χ3v) is 4.30. The standard InChI is InChI=1S/C12H24N2O3S/c1-10(9-18(2,16)17)14-12(15)4-3-11-5-7-13-8-6-11/h10-11,13H,3-9H2,1-2H3,(H,14,15). The van der Waals surface area contributed by atoms with Crippen LogP contribution in [-0.4, -0.2) is 45.5 Å². The molecule has 18 heavy (non-hydrogen) atoms. The second-order valence-corrected chi connectivity index (χ2v) is 7.48. The van der Waals surface area contributed by atoms with Crippen molar-refractivity contribution < 1.29 is 13.2 Å². The quantitative estimate of drug-likeness (QED) is 0.732. The van der Waals surface area contributed by atoms with Gasteiger partial charge in [-0.25, -0.2) is 8.42 Å². The van der Waals surface area contributed by atoms with E-state index in [1.54, 1.807) is 6.92 Å². The van der Waals surface area contributed by atoms with E-state index in [2.05, 4.69) is 10.6 Å². The first-order valence-corrected chi connectivity index (χ1v) is 8.60. The van der Waals surface area contributed by atoms with Gasteiger partial charge in [-0.2, -0.15) is 0 Å². The van der Waals surface area contributed by atoms with Gasteiger partial charge in [-0.1, -0.05) is 0 Å². The molecule has 1 aliphatic rings. The van der Waals surface area contributed by atoms with Gasteiger partial charge in [0.2, 0.25) is 5.91 Å². The summed E-state index contributed by atoms with van der Waals surface area (Å²) < 4.78 is 22.1. The smallest absolute Gasteiger partial charge is 0.220 e. The van der Waals surface area contributed by atoms with Crippen LogP contribution in [0, 0.1) is 5.92 Å². The van der Waals surface area contributed by atoms with Crippen LogP contribution in [0.2, 0.25) is 0 Å². The fraction of sp³-hybridized carbons (Fsp3) is 0.917. The minimum atomic E-state index is -3.03. The fourth-order valence-electron chi connectivity index (χ4n) is 2.35. The molecule has 1 heterocycles. The average Bonchev–Trinajstić information content (AvgIpc) is 2.25. The Morgan fingerprint density at radius 1 is 1.39 bits per heavy atom. The third kappa shape index (κ3) is 6.96. The van der Waals surface area contributed by atoms with Crippen LogP contribution in [0.3, 0.4) is 0 Å². The first kappa shape index (κ1) is 15.4. The highest BCUT2D eigenvalue weighted by Gasteiger charge is 2.16. The fourth-order valence-corrected chi connectivity index (χ4v) is 3.34. The molecule has 1 unspecified atom stereocenters. The van der Waals surface area contributed by atoms with Crippen molar-refractivity contribution >= 4 is 15.7 Å². The molecule has 1 atom stereocenters. The lowest BCUT2D eigenvalue weighted by Crippen LogP contribution is -2.37. The van der Waals surface area contributed by atoms with Gasteiger partial charge in [0.1, 0.15) is 9.84 Å². The Morgan fingerprint density at radius 2 is 2.00 bits per heavy atom. The number of carbonyl (C=O) groups excluding carboxylic acids is 1. The molecule has 0 bridgehead atoms. The Kier molecular flexibility index (Phi) is 6.08. The zero-order valence-electron chi connectivity index (χ0n) is 11.2. The molecule has 1 fully saturated rings. The molecule has 1 rings (SSSR count). The number of nitrogens with one attached hydrogen (secondary N) is 2. The molecule has 0 aromatic carbocycles. The predicted molar refractivity (Wildman–Crippen MR) is 72.1 cm³/mol. The summed E-state index contributed by atoms with van der Waals surface area (Å²) in [7, 11) is -3.03. The Labute approximate surface area is 110 Å². The summed E-state index contributed by atoms with van der Waals surface area (Å²) >= 11 is 0. The monoisotopic (exact) mass is 276 g/mol. The van der Waals surface area contributed by atoms with Crippen molar-refractivity contribution in [1.29, 1.82) is 0 Å². The van der Waals surface area contributed by atoms with Crippen LogP contribution in [0.15, 0.2) is 0 Å². The maximum Gasteiger partial charge on any atom is 0.220 e. The lowest BCUT2D eigenvalue weighted by molar-refractivity contribution is -0.121. The first-order chi connectivity index (χ1) is 8.37. The number of hydrogen-bond acceptors (Lipinski definition) is 4. The number of sulfone groups is 1. The van der Waals surface area contributed by atoms with E-state index in [0.29, 0.717) is 12.3 Å². The van der Waals surface area contributed by atoms with E-state index in [4.69, 9.17) is 0 Å². The van der Waals surface area contributed by atoms with Gasteiger partial charge in [0, 0.05) is 18.7 Å². The molecule has 6 heteroatoms. The Hall–Kier alpha value is -0.620. The van der Waals surface area contributed by atoms with Gasteiger partial charge >= 0.3 is 0 Å². The van der Waals surface area contributed by atoms with Crippen molar-refractivity contribution in [2.45, 2.75) is 38.6 Å². The Bertz CT molecular complexity index is 362. The molecular weight excluding hydrogens is 252 g/mol. The zero-order valence-corrected chi connectivity index (χ0v) is 12.1. The summed E-state index contributed by atoms with van der Waals surface area (Å²) in [6.45, 7) is 3.80. The Balaban J connectivity index is 2.20. The predicted octanol–water partition coefficient (Wildman–Crippen LogP) is 0.316. The van der Waals surface area contributed by atoms with Crippen LogP contribution in [0.25, 0.3) is 0 Å². The molecule has 1 saturated heterocycles. The molecule has 0 aliphatic carbocycles. The van der Waals surface area contributed by atoms with E-state index < -0.39 is 9.84 Å².